The molecule has 0 aliphatic carbocycles. The third kappa shape index (κ3) is 2.71. The van der Waals surface area contributed by atoms with Crippen molar-refractivity contribution in [3.05, 3.63) is 53.2 Å². The van der Waals surface area contributed by atoms with Crippen LogP contribution in [0.15, 0.2) is 30.7 Å². The average molecular weight is 349 g/mol. The van der Waals surface area contributed by atoms with Crippen LogP contribution in [-0.4, -0.2) is 32.4 Å². The number of rotatable bonds is 4. The monoisotopic (exact) mass is 349 g/mol. The maximum absolute atomic E-state index is 4.53. The third-order valence-electron chi connectivity index (χ3n) is 5.91. The number of nitrogens with zero attached hydrogens (tertiary/aromatic N) is 5. The van der Waals surface area contributed by atoms with Gasteiger partial charge in [0, 0.05) is 43.6 Å². The largest absolute Gasteiger partial charge is 0.371 e. The first-order chi connectivity index (χ1) is 12.5. The highest BCUT2D eigenvalue weighted by molar-refractivity contribution is 5.69. The summed E-state index contributed by atoms with van der Waals surface area (Å²) in [5.74, 6) is 0. The molecule has 0 N–H and O–H groups in total. The first-order valence-electron chi connectivity index (χ1n) is 9.31. The average Bonchev–Trinajstić information content (AvgIpc) is 3.25. The van der Waals surface area contributed by atoms with Gasteiger partial charge in [-0.3, -0.25) is 4.68 Å². The number of hydrogen-bond acceptors (Lipinski definition) is 3. The number of anilines is 1. The molecule has 5 heteroatoms. The van der Waals surface area contributed by atoms with E-state index in [2.05, 4.69) is 65.6 Å². The van der Waals surface area contributed by atoms with Gasteiger partial charge in [-0.05, 0) is 56.9 Å². The molecular formula is C21H27N5. The van der Waals surface area contributed by atoms with Gasteiger partial charge in [0.05, 0.1) is 23.9 Å². The van der Waals surface area contributed by atoms with E-state index in [1.807, 2.05) is 24.3 Å². The normalized spacial score (nSPS) is 16.3. The van der Waals surface area contributed by atoms with E-state index in [1.54, 1.807) is 0 Å². The molecule has 0 spiro atoms. The zero-order valence-corrected chi connectivity index (χ0v) is 16.3. The fourth-order valence-corrected chi connectivity index (χ4v) is 4.10. The van der Waals surface area contributed by atoms with Gasteiger partial charge >= 0.3 is 0 Å². The van der Waals surface area contributed by atoms with Crippen LogP contribution in [0.4, 0.5) is 5.69 Å². The summed E-state index contributed by atoms with van der Waals surface area (Å²) in [5, 5.41) is 4.53. The molecule has 0 unspecified atom stereocenters. The van der Waals surface area contributed by atoms with E-state index < -0.39 is 0 Å². The Morgan fingerprint density at radius 1 is 1.19 bits per heavy atom. The summed E-state index contributed by atoms with van der Waals surface area (Å²) in [5.41, 5.74) is 8.95. The molecule has 1 aromatic carbocycles. The van der Waals surface area contributed by atoms with Crippen molar-refractivity contribution in [2.75, 3.05) is 11.9 Å². The molecule has 3 aromatic rings. The van der Waals surface area contributed by atoms with Crippen molar-refractivity contribution in [3.8, 4) is 11.3 Å². The lowest BCUT2D eigenvalue weighted by molar-refractivity contribution is 0.693. The summed E-state index contributed by atoms with van der Waals surface area (Å²) >= 11 is 0. The highest BCUT2D eigenvalue weighted by atomic mass is 15.3. The van der Waals surface area contributed by atoms with Gasteiger partial charge in [0.15, 0.2) is 0 Å². The van der Waals surface area contributed by atoms with Crippen LogP contribution in [0.3, 0.4) is 0 Å². The smallest absolute Gasteiger partial charge is 0.0951 e. The molecule has 3 heterocycles. The molecular weight excluding hydrogens is 322 g/mol. The Hall–Kier alpha value is -2.56. The lowest BCUT2D eigenvalue weighted by Crippen LogP contribution is -2.23. The van der Waals surface area contributed by atoms with Crippen molar-refractivity contribution in [3.63, 3.8) is 0 Å². The highest BCUT2D eigenvalue weighted by Gasteiger charge is 2.23. The third-order valence-corrected chi connectivity index (χ3v) is 5.91. The maximum Gasteiger partial charge on any atom is 0.0951 e. The van der Waals surface area contributed by atoms with Crippen molar-refractivity contribution in [2.45, 2.75) is 46.2 Å². The lowest BCUT2D eigenvalue weighted by Gasteiger charge is -2.18. The van der Waals surface area contributed by atoms with E-state index in [4.69, 9.17) is 0 Å². The van der Waals surface area contributed by atoms with Gasteiger partial charge in [0.2, 0.25) is 0 Å². The second-order valence-electron chi connectivity index (χ2n) is 7.50. The number of imidazole rings is 1. The second kappa shape index (κ2) is 6.31. The van der Waals surface area contributed by atoms with Gasteiger partial charge in [-0.1, -0.05) is 6.07 Å². The Morgan fingerprint density at radius 2 is 2.00 bits per heavy atom. The Kier molecular flexibility index (Phi) is 4.10. The molecule has 26 heavy (non-hydrogen) atoms. The van der Waals surface area contributed by atoms with E-state index in [0.717, 1.165) is 25.1 Å². The number of likely N-dealkylation sites (N-methyl/N-ethyl adjacent to an activating group) is 1. The molecule has 4 rings (SSSR count). The first kappa shape index (κ1) is 16.9. The topological polar surface area (TPSA) is 38.9 Å². The van der Waals surface area contributed by atoms with Gasteiger partial charge < -0.3 is 9.47 Å². The molecule has 0 radical (unpaired) electrons. The molecule has 0 amide bonds. The van der Waals surface area contributed by atoms with Crippen molar-refractivity contribution < 1.29 is 0 Å². The quantitative estimate of drug-likeness (QED) is 0.723. The Balaban J connectivity index is 1.59. The Labute approximate surface area is 155 Å². The minimum absolute atomic E-state index is 0.571. The van der Waals surface area contributed by atoms with Crippen LogP contribution in [-0.2, 0) is 26.4 Å². The van der Waals surface area contributed by atoms with Crippen molar-refractivity contribution in [1.29, 1.82) is 0 Å². The van der Waals surface area contributed by atoms with Gasteiger partial charge in [-0.2, -0.15) is 5.10 Å². The van der Waals surface area contributed by atoms with E-state index in [0.29, 0.717) is 6.04 Å². The van der Waals surface area contributed by atoms with E-state index >= 15 is 0 Å². The maximum atomic E-state index is 4.53. The highest BCUT2D eigenvalue weighted by Crippen LogP contribution is 2.34. The number of aryl methyl sites for hydroxylation is 3. The van der Waals surface area contributed by atoms with Crippen LogP contribution in [0, 0.1) is 13.8 Å². The van der Waals surface area contributed by atoms with Gasteiger partial charge in [-0.15, -0.1) is 0 Å². The number of benzene rings is 1. The SMILES string of the molecule is Cc1nn(C)c(C)c1CCn1cncc1-c1ccc2c(c1)C[C@@H](C)N2C. The molecule has 2 aromatic heterocycles. The fraction of sp³-hybridized carbons (Fsp3) is 0.429. The summed E-state index contributed by atoms with van der Waals surface area (Å²) < 4.78 is 4.23. The van der Waals surface area contributed by atoms with Gasteiger partial charge in [0.25, 0.3) is 0 Å². The number of aromatic nitrogens is 4. The van der Waals surface area contributed by atoms with Crippen molar-refractivity contribution in [1.82, 2.24) is 19.3 Å². The molecule has 1 aliphatic rings. The lowest BCUT2D eigenvalue weighted by atomic mass is 10.0. The summed E-state index contributed by atoms with van der Waals surface area (Å²) in [6.45, 7) is 7.43. The summed E-state index contributed by atoms with van der Waals surface area (Å²) in [6.07, 6.45) is 6.01. The summed E-state index contributed by atoms with van der Waals surface area (Å²) in [4.78, 5) is 6.78. The molecule has 0 fully saturated rings. The van der Waals surface area contributed by atoms with Crippen LogP contribution < -0.4 is 4.90 Å². The summed E-state index contributed by atoms with van der Waals surface area (Å²) in [6, 6.07) is 7.38. The van der Waals surface area contributed by atoms with Crippen LogP contribution >= 0.6 is 0 Å². The molecule has 5 nitrogen and oxygen atoms in total. The fourth-order valence-electron chi connectivity index (χ4n) is 4.10. The van der Waals surface area contributed by atoms with Crippen LogP contribution in [0.5, 0.6) is 0 Å². The van der Waals surface area contributed by atoms with E-state index in [1.165, 1.54) is 33.8 Å². The van der Waals surface area contributed by atoms with Gasteiger partial charge in [-0.25, -0.2) is 4.98 Å². The number of fused-ring (bicyclic) bond motifs is 1. The zero-order chi connectivity index (χ0) is 18.4. The van der Waals surface area contributed by atoms with E-state index in [-0.39, 0.29) is 0 Å². The Morgan fingerprint density at radius 3 is 2.73 bits per heavy atom. The molecule has 0 saturated carbocycles. The minimum atomic E-state index is 0.571. The van der Waals surface area contributed by atoms with Crippen LogP contribution in [0.2, 0.25) is 0 Å². The van der Waals surface area contributed by atoms with Crippen molar-refractivity contribution >= 4 is 5.69 Å². The predicted molar refractivity (Wildman–Crippen MR) is 106 cm³/mol. The molecule has 0 saturated heterocycles. The predicted octanol–water partition coefficient (Wildman–Crippen LogP) is 3.52. The summed E-state index contributed by atoms with van der Waals surface area (Å²) in [7, 11) is 4.19. The van der Waals surface area contributed by atoms with Crippen LogP contribution in [0.25, 0.3) is 11.3 Å². The van der Waals surface area contributed by atoms with Gasteiger partial charge in [0.1, 0.15) is 0 Å². The second-order valence-corrected chi connectivity index (χ2v) is 7.50. The number of hydrogen-bond donors (Lipinski definition) is 0. The van der Waals surface area contributed by atoms with Crippen LogP contribution in [0.1, 0.15) is 29.4 Å². The first-order valence-corrected chi connectivity index (χ1v) is 9.31. The van der Waals surface area contributed by atoms with Crippen molar-refractivity contribution in [2.24, 2.45) is 7.05 Å². The molecule has 1 atom stereocenters. The molecule has 1 aliphatic heterocycles. The molecule has 0 bridgehead atoms. The standard InChI is InChI=1S/C21H27N5/c1-14-10-18-11-17(6-7-20(18)24(14)4)21-12-22-13-26(21)9-8-19-15(2)23-25(5)16(19)3/h6-7,11-14H,8-10H2,1-5H3/t14-/m1/s1. The van der Waals surface area contributed by atoms with E-state index in [9.17, 15) is 0 Å². The zero-order valence-electron chi connectivity index (χ0n) is 16.3. The Bertz CT molecular complexity index is 949. The molecule has 136 valence electrons. The minimum Gasteiger partial charge on any atom is -0.371 e.